The van der Waals surface area contributed by atoms with Crippen molar-refractivity contribution in [2.24, 2.45) is 17.8 Å². The lowest BCUT2D eigenvalue weighted by molar-refractivity contribution is -0.153. The van der Waals surface area contributed by atoms with Gasteiger partial charge in [-0.25, -0.2) is 0 Å². The van der Waals surface area contributed by atoms with Crippen LogP contribution in [0.4, 0.5) is 0 Å². The number of rotatable bonds is 2. The second-order valence-corrected chi connectivity index (χ2v) is 7.17. The van der Waals surface area contributed by atoms with Crippen LogP contribution in [0.5, 0.6) is 0 Å². The Morgan fingerprint density at radius 3 is 2.30 bits per heavy atom. The highest BCUT2D eigenvalue weighted by atomic mass is 16.2. The van der Waals surface area contributed by atoms with Gasteiger partial charge >= 0.3 is 0 Å². The fourth-order valence-corrected chi connectivity index (χ4v) is 3.83. The Morgan fingerprint density at radius 1 is 1.00 bits per heavy atom. The number of carbonyl (C=O) groups excluding carboxylic acids is 2. The Hall–Kier alpha value is -1.06. The van der Waals surface area contributed by atoms with Crippen molar-refractivity contribution in [2.75, 3.05) is 0 Å². The first kappa shape index (κ1) is 13.9. The summed E-state index contributed by atoms with van der Waals surface area (Å²) in [6.07, 6.45) is 5.42. The largest absolute Gasteiger partial charge is 0.342 e. The van der Waals surface area contributed by atoms with E-state index >= 15 is 0 Å². The van der Waals surface area contributed by atoms with Crippen LogP contribution in [0.15, 0.2) is 0 Å². The van der Waals surface area contributed by atoms with Crippen LogP contribution in [0.3, 0.4) is 0 Å². The predicted octanol–water partition coefficient (Wildman–Crippen LogP) is 1.94. The number of piperazine rings is 1. The van der Waals surface area contributed by atoms with Crippen molar-refractivity contribution in [3.05, 3.63) is 0 Å². The van der Waals surface area contributed by atoms with Crippen LogP contribution in [-0.4, -0.2) is 34.8 Å². The molecule has 1 N–H and O–H groups in total. The summed E-state index contributed by atoms with van der Waals surface area (Å²) < 4.78 is 0. The maximum absolute atomic E-state index is 12.8. The van der Waals surface area contributed by atoms with Gasteiger partial charge in [-0.2, -0.15) is 0 Å². The highest BCUT2D eigenvalue weighted by Gasteiger charge is 2.48. The monoisotopic (exact) mass is 278 g/mol. The molecule has 112 valence electrons. The van der Waals surface area contributed by atoms with E-state index in [1.165, 1.54) is 0 Å². The van der Waals surface area contributed by atoms with E-state index in [1.54, 1.807) is 0 Å². The Labute approximate surface area is 121 Å². The van der Waals surface area contributed by atoms with E-state index in [2.05, 4.69) is 19.2 Å². The maximum Gasteiger partial charge on any atom is 0.246 e. The molecule has 0 aromatic heterocycles. The van der Waals surface area contributed by atoms with Gasteiger partial charge in [-0.1, -0.05) is 13.8 Å². The minimum absolute atomic E-state index is 0.0350. The normalized spacial score (nSPS) is 42.5. The molecule has 20 heavy (non-hydrogen) atoms. The van der Waals surface area contributed by atoms with E-state index in [4.69, 9.17) is 0 Å². The van der Waals surface area contributed by atoms with Gasteiger partial charge in [0, 0.05) is 6.04 Å². The van der Waals surface area contributed by atoms with Crippen molar-refractivity contribution in [2.45, 2.75) is 71.0 Å². The van der Waals surface area contributed by atoms with Gasteiger partial charge in [0.1, 0.15) is 12.1 Å². The van der Waals surface area contributed by atoms with Gasteiger partial charge in [-0.15, -0.1) is 0 Å². The van der Waals surface area contributed by atoms with E-state index in [0.717, 1.165) is 38.0 Å². The zero-order chi connectivity index (χ0) is 14.4. The molecule has 2 saturated carbocycles. The van der Waals surface area contributed by atoms with Crippen molar-refractivity contribution >= 4 is 11.8 Å². The number of hydrogen-bond donors (Lipinski definition) is 1. The molecular weight excluding hydrogens is 252 g/mol. The molecule has 4 nitrogen and oxygen atoms in total. The number of nitrogens with one attached hydrogen (secondary N) is 1. The minimum Gasteiger partial charge on any atom is -0.342 e. The van der Waals surface area contributed by atoms with Crippen molar-refractivity contribution in [1.82, 2.24) is 10.2 Å². The Kier molecular flexibility index (Phi) is 3.51. The average Bonchev–Trinajstić information content (AvgIpc) is 3.22. The molecule has 0 radical (unpaired) electrons. The molecule has 0 aromatic carbocycles. The topological polar surface area (TPSA) is 49.4 Å². The number of nitrogens with zero attached hydrogens (tertiary/aromatic N) is 1. The fourth-order valence-electron chi connectivity index (χ4n) is 3.83. The molecule has 0 aromatic rings. The summed E-state index contributed by atoms with van der Waals surface area (Å²) >= 11 is 0. The van der Waals surface area contributed by atoms with Crippen LogP contribution in [0, 0.1) is 17.8 Å². The Balaban J connectivity index is 1.78. The summed E-state index contributed by atoms with van der Waals surface area (Å²) in [6, 6.07) is -0.285. The third kappa shape index (κ3) is 2.33. The van der Waals surface area contributed by atoms with E-state index in [-0.39, 0.29) is 29.9 Å². The number of amides is 2. The summed E-state index contributed by atoms with van der Waals surface area (Å²) in [6.45, 7) is 6.44. The van der Waals surface area contributed by atoms with E-state index < -0.39 is 0 Å². The molecule has 3 rings (SSSR count). The highest BCUT2D eigenvalue weighted by molar-refractivity contribution is 5.97. The molecule has 0 bridgehead atoms. The van der Waals surface area contributed by atoms with Gasteiger partial charge in [0.15, 0.2) is 0 Å². The molecule has 0 spiro atoms. The van der Waals surface area contributed by atoms with Crippen LogP contribution in [-0.2, 0) is 9.59 Å². The van der Waals surface area contributed by atoms with Crippen molar-refractivity contribution in [3.8, 4) is 0 Å². The molecule has 3 aliphatic rings. The second kappa shape index (κ2) is 5.05. The first-order valence-corrected chi connectivity index (χ1v) is 8.11. The number of carbonyl (C=O) groups is 2. The van der Waals surface area contributed by atoms with Crippen LogP contribution < -0.4 is 5.32 Å². The van der Waals surface area contributed by atoms with Gasteiger partial charge in [0.25, 0.3) is 0 Å². The molecular formula is C16H26N2O2. The lowest BCUT2D eigenvalue weighted by Crippen LogP contribution is -2.66. The second-order valence-electron chi connectivity index (χ2n) is 7.17. The lowest BCUT2D eigenvalue weighted by Gasteiger charge is -2.45. The number of hydrogen-bond acceptors (Lipinski definition) is 2. The average molecular weight is 278 g/mol. The van der Waals surface area contributed by atoms with Gasteiger partial charge in [0.2, 0.25) is 11.8 Å². The van der Waals surface area contributed by atoms with Gasteiger partial charge in [-0.3, -0.25) is 9.59 Å². The molecule has 2 aliphatic carbocycles. The smallest absolute Gasteiger partial charge is 0.246 e. The van der Waals surface area contributed by atoms with Crippen LogP contribution in [0.1, 0.15) is 52.9 Å². The molecule has 1 aliphatic heterocycles. The minimum atomic E-state index is -0.303. The zero-order valence-electron chi connectivity index (χ0n) is 12.8. The predicted molar refractivity (Wildman–Crippen MR) is 76.9 cm³/mol. The van der Waals surface area contributed by atoms with Crippen LogP contribution >= 0.6 is 0 Å². The van der Waals surface area contributed by atoms with Gasteiger partial charge < -0.3 is 10.2 Å². The molecule has 4 heteroatoms. The van der Waals surface area contributed by atoms with Crippen LogP contribution in [0.25, 0.3) is 0 Å². The first-order valence-electron chi connectivity index (χ1n) is 8.11. The molecule has 5 unspecified atom stereocenters. The van der Waals surface area contributed by atoms with E-state index in [1.807, 2.05) is 11.8 Å². The summed E-state index contributed by atoms with van der Waals surface area (Å²) in [5, 5.41) is 2.94. The zero-order valence-corrected chi connectivity index (χ0v) is 12.8. The van der Waals surface area contributed by atoms with E-state index in [9.17, 15) is 9.59 Å². The summed E-state index contributed by atoms with van der Waals surface area (Å²) in [7, 11) is 0. The molecule has 5 atom stereocenters. The first-order chi connectivity index (χ1) is 9.49. The molecule has 1 saturated heterocycles. The van der Waals surface area contributed by atoms with Gasteiger partial charge in [-0.05, 0) is 56.8 Å². The third-order valence-corrected chi connectivity index (χ3v) is 5.67. The lowest BCUT2D eigenvalue weighted by atomic mass is 9.78. The van der Waals surface area contributed by atoms with Crippen molar-refractivity contribution in [1.29, 1.82) is 0 Å². The third-order valence-electron chi connectivity index (χ3n) is 5.67. The summed E-state index contributed by atoms with van der Waals surface area (Å²) in [5.41, 5.74) is 0. The fraction of sp³-hybridized carbons (Fsp3) is 0.875. The van der Waals surface area contributed by atoms with Crippen molar-refractivity contribution in [3.63, 3.8) is 0 Å². The van der Waals surface area contributed by atoms with Crippen molar-refractivity contribution < 1.29 is 9.59 Å². The Morgan fingerprint density at radius 2 is 1.70 bits per heavy atom. The van der Waals surface area contributed by atoms with Gasteiger partial charge in [0.05, 0.1) is 0 Å². The highest BCUT2D eigenvalue weighted by Crippen LogP contribution is 2.38. The molecule has 3 fully saturated rings. The quantitative estimate of drug-likeness (QED) is 0.839. The van der Waals surface area contributed by atoms with E-state index in [0.29, 0.717) is 11.8 Å². The summed E-state index contributed by atoms with van der Waals surface area (Å²) in [4.78, 5) is 26.9. The molecule has 1 heterocycles. The summed E-state index contributed by atoms with van der Waals surface area (Å²) in [5.74, 6) is 1.97. The standard InChI is InChI=1S/C16H26N2O2/c1-9-4-7-13(8-10(9)2)18-11(3)15(19)17-14(16(18)20)12-5-6-12/h9-14H,4-8H2,1-3H3,(H,17,19). The molecule has 2 amide bonds. The van der Waals surface area contributed by atoms with Crippen LogP contribution in [0.2, 0.25) is 0 Å². The maximum atomic E-state index is 12.8. The Bertz CT molecular complexity index is 419. The SMILES string of the molecule is CC1CCC(N2C(=O)C(C3CC3)NC(=O)C2C)CC1C.